The largest absolute Gasteiger partial charge is 0.262 e. The van der Waals surface area contributed by atoms with E-state index in [-0.39, 0.29) is 6.04 Å². The smallest absolute Gasteiger partial charge is 0.0740 e. The van der Waals surface area contributed by atoms with Crippen molar-refractivity contribution in [2.45, 2.75) is 30.7 Å². The normalized spacial score (nSPS) is 18.4. The minimum absolute atomic E-state index is 0.105. The lowest BCUT2D eigenvalue weighted by Gasteiger charge is -2.36. The predicted octanol–water partition coefficient (Wildman–Crippen LogP) is 5.77. The lowest BCUT2D eigenvalue weighted by Crippen LogP contribution is -2.37. The second-order valence-corrected chi connectivity index (χ2v) is 7.59. The number of hydrogen-bond acceptors (Lipinski definition) is 3. The second-order valence-electron chi connectivity index (χ2n) is 6.71. The van der Waals surface area contributed by atoms with Crippen LogP contribution in [0.2, 0.25) is 0 Å². The fourth-order valence-electron chi connectivity index (χ4n) is 3.24. The van der Waals surface area contributed by atoms with Gasteiger partial charge in [-0.25, -0.2) is 0 Å². The molecule has 0 aromatic heterocycles. The molecule has 0 bridgehead atoms. The van der Waals surface area contributed by atoms with Crippen molar-refractivity contribution in [3.8, 4) is 0 Å². The van der Waals surface area contributed by atoms with Crippen molar-refractivity contribution in [3.05, 3.63) is 90.7 Å². The van der Waals surface area contributed by atoms with E-state index in [1.807, 2.05) is 12.1 Å². The van der Waals surface area contributed by atoms with Crippen molar-refractivity contribution < 1.29 is 0 Å². The summed E-state index contributed by atoms with van der Waals surface area (Å²) in [6.07, 6.45) is 5.87. The number of nitrogens with zero attached hydrogens (tertiary/aromatic N) is 2. The van der Waals surface area contributed by atoms with Crippen molar-refractivity contribution in [1.29, 1.82) is 0 Å². The highest BCUT2D eigenvalue weighted by atomic mass is 32.2. The van der Waals surface area contributed by atoms with Gasteiger partial charge in [-0.3, -0.25) is 5.01 Å². The summed E-state index contributed by atoms with van der Waals surface area (Å²) in [4.78, 5) is 1.27. The van der Waals surface area contributed by atoms with Crippen molar-refractivity contribution in [2.24, 2.45) is 11.0 Å². The number of rotatable bonds is 6. The van der Waals surface area contributed by atoms with Crippen molar-refractivity contribution in [2.75, 3.05) is 6.26 Å². The van der Waals surface area contributed by atoms with Crippen molar-refractivity contribution in [1.82, 2.24) is 5.01 Å². The van der Waals surface area contributed by atoms with Gasteiger partial charge in [-0.1, -0.05) is 62.0 Å². The van der Waals surface area contributed by atoms with Gasteiger partial charge in [0, 0.05) is 22.9 Å². The highest BCUT2D eigenvalue weighted by Crippen LogP contribution is 2.30. The Morgan fingerprint density at radius 3 is 2.50 bits per heavy atom. The van der Waals surface area contributed by atoms with E-state index in [0.29, 0.717) is 5.92 Å². The first-order chi connectivity index (χ1) is 12.6. The maximum atomic E-state index is 4.98. The third-order valence-corrected chi connectivity index (χ3v) is 5.63. The molecule has 0 saturated carbocycles. The third kappa shape index (κ3) is 4.10. The SMILES string of the molecule is C=CC(Cc1ccccc1)N1N=C(c2ccc(SC)cc2)CC(C)C1=C. The summed E-state index contributed by atoms with van der Waals surface area (Å²) in [5.41, 5.74) is 4.66. The molecule has 0 N–H and O–H groups in total. The molecule has 1 heterocycles. The molecule has 26 heavy (non-hydrogen) atoms. The Hall–Kier alpha value is -2.26. The zero-order chi connectivity index (χ0) is 18.5. The van der Waals surface area contributed by atoms with Gasteiger partial charge in [-0.15, -0.1) is 18.3 Å². The molecule has 3 heteroatoms. The molecular formula is C23H26N2S. The van der Waals surface area contributed by atoms with Crippen LogP contribution >= 0.6 is 11.8 Å². The molecule has 0 radical (unpaired) electrons. The summed E-state index contributed by atoms with van der Waals surface area (Å²) in [5, 5.41) is 7.05. The molecule has 0 fully saturated rings. The molecule has 0 spiro atoms. The zero-order valence-electron chi connectivity index (χ0n) is 15.6. The van der Waals surface area contributed by atoms with Crippen LogP contribution in [-0.2, 0) is 6.42 Å². The fourth-order valence-corrected chi connectivity index (χ4v) is 3.65. The first-order valence-corrected chi connectivity index (χ1v) is 10.2. The number of thioether (sulfide) groups is 1. The Labute approximate surface area is 161 Å². The third-order valence-electron chi connectivity index (χ3n) is 4.89. The predicted molar refractivity (Wildman–Crippen MR) is 114 cm³/mol. The Morgan fingerprint density at radius 1 is 1.19 bits per heavy atom. The summed E-state index contributed by atoms with van der Waals surface area (Å²) < 4.78 is 0. The lowest BCUT2D eigenvalue weighted by atomic mass is 9.93. The topological polar surface area (TPSA) is 15.6 Å². The van der Waals surface area contributed by atoms with Crippen LogP contribution in [0.5, 0.6) is 0 Å². The van der Waals surface area contributed by atoms with Gasteiger partial charge in [0.2, 0.25) is 0 Å². The molecule has 2 aromatic rings. The number of allylic oxidation sites excluding steroid dienone is 1. The first kappa shape index (κ1) is 18.5. The minimum atomic E-state index is 0.105. The number of hydrogen-bond donors (Lipinski definition) is 0. The minimum Gasteiger partial charge on any atom is -0.262 e. The monoisotopic (exact) mass is 362 g/mol. The van der Waals surface area contributed by atoms with Crippen LogP contribution in [0.4, 0.5) is 0 Å². The summed E-state index contributed by atoms with van der Waals surface area (Å²) in [5.74, 6) is 0.362. The summed E-state index contributed by atoms with van der Waals surface area (Å²) in [6, 6.07) is 19.3. The summed E-state index contributed by atoms with van der Waals surface area (Å²) in [7, 11) is 0. The van der Waals surface area contributed by atoms with Crippen LogP contribution in [0.15, 0.2) is 89.5 Å². The highest BCUT2D eigenvalue weighted by molar-refractivity contribution is 7.98. The molecule has 2 atom stereocenters. The Kier molecular flexibility index (Phi) is 6.00. The quantitative estimate of drug-likeness (QED) is 0.479. The maximum Gasteiger partial charge on any atom is 0.0740 e. The lowest BCUT2D eigenvalue weighted by molar-refractivity contribution is 0.262. The average molecular weight is 363 g/mol. The van der Waals surface area contributed by atoms with Gasteiger partial charge in [-0.05, 0) is 35.9 Å². The Morgan fingerprint density at radius 2 is 1.88 bits per heavy atom. The van der Waals surface area contributed by atoms with E-state index < -0.39 is 0 Å². The molecule has 0 saturated heterocycles. The van der Waals surface area contributed by atoms with Gasteiger partial charge < -0.3 is 0 Å². The van der Waals surface area contributed by atoms with E-state index in [9.17, 15) is 0 Å². The van der Waals surface area contributed by atoms with Gasteiger partial charge in [0.05, 0.1) is 11.8 Å². The second kappa shape index (κ2) is 8.41. The molecule has 2 nitrogen and oxygen atoms in total. The van der Waals surface area contributed by atoms with E-state index in [2.05, 4.69) is 79.9 Å². The van der Waals surface area contributed by atoms with Crippen LogP contribution in [0.1, 0.15) is 24.5 Å². The van der Waals surface area contributed by atoms with E-state index >= 15 is 0 Å². The van der Waals surface area contributed by atoms with E-state index in [1.54, 1.807) is 11.8 Å². The van der Waals surface area contributed by atoms with Crippen LogP contribution in [0, 0.1) is 5.92 Å². The number of benzene rings is 2. The van der Waals surface area contributed by atoms with Gasteiger partial charge >= 0.3 is 0 Å². The Balaban J connectivity index is 1.89. The number of hydrazone groups is 1. The standard InChI is InChI=1S/C23H26N2S/c1-5-21(16-19-9-7-6-8-10-19)25-18(3)17(2)15-23(24-25)20-11-13-22(26-4)14-12-20/h5-14,17,21H,1,3,15-16H2,2,4H3. The van der Waals surface area contributed by atoms with Crippen molar-refractivity contribution >= 4 is 17.5 Å². The van der Waals surface area contributed by atoms with E-state index in [1.165, 1.54) is 16.0 Å². The highest BCUT2D eigenvalue weighted by Gasteiger charge is 2.27. The zero-order valence-corrected chi connectivity index (χ0v) is 16.4. The van der Waals surface area contributed by atoms with Crippen LogP contribution in [0.25, 0.3) is 0 Å². The van der Waals surface area contributed by atoms with Gasteiger partial charge in [0.1, 0.15) is 0 Å². The fraction of sp³-hybridized carbons (Fsp3) is 0.261. The maximum absolute atomic E-state index is 4.98. The van der Waals surface area contributed by atoms with E-state index in [4.69, 9.17) is 5.10 Å². The molecule has 1 aliphatic rings. The molecule has 0 aliphatic carbocycles. The van der Waals surface area contributed by atoms with Crippen molar-refractivity contribution in [3.63, 3.8) is 0 Å². The van der Waals surface area contributed by atoms with Gasteiger partial charge in [0.15, 0.2) is 0 Å². The molecule has 1 aliphatic heterocycles. The molecule has 0 amide bonds. The van der Waals surface area contributed by atoms with Gasteiger partial charge in [0.25, 0.3) is 0 Å². The molecule has 3 rings (SSSR count). The molecule has 134 valence electrons. The van der Waals surface area contributed by atoms with E-state index in [0.717, 1.165) is 24.3 Å². The first-order valence-electron chi connectivity index (χ1n) is 8.98. The average Bonchev–Trinajstić information content (AvgIpc) is 2.69. The van der Waals surface area contributed by atoms with Crippen LogP contribution in [-0.4, -0.2) is 23.0 Å². The summed E-state index contributed by atoms with van der Waals surface area (Å²) in [6.45, 7) is 10.6. The summed E-state index contributed by atoms with van der Waals surface area (Å²) >= 11 is 1.76. The van der Waals surface area contributed by atoms with Gasteiger partial charge in [-0.2, -0.15) is 5.10 Å². The molecule has 2 unspecified atom stereocenters. The Bertz CT molecular complexity index is 793. The van der Waals surface area contributed by atoms with Crippen LogP contribution in [0.3, 0.4) is 0 Å². The molecular weight excluding hydrogens is 336 g/mol. The molecule has 2 aromatic carbocycles. The van der Waals surface area contributed by atoms with Crippen LogP contribution < -0.4 is 0 Å².